The van der Waals surface area contributed by atoms with Crippen molar-refractivity contribution in [2.24, 2.45) is 5.92 Å². The van der Waals surface area contributed by atoms with Gasteiger partial charge in [-0.2, -0.15) is 0 Å². The number of imidazole rings is 1. The van der Waals surface area contributed by atoms with Crippen LogP contribution in [0, 0.1) is 18.7 Å². The highest BCUT2D eigenvalue weighted by atomic mass is 19.1. The van der Waals surface area contributed by atoms with Gasteiger partial charge in [0.25, 0.3) is 0 Å². The summed E-state index contributed by atoms with van der Waals surface area (Å²) in [5, 5.41) is 0. The molecule has 204 valence electrons. The smallest absolute Gasteiger partial charge is 0.222 e. The monoisotopic (exact) mass is 521 g/mol. The molecule has 4 aliphatic rings. The van der Waals surface area contributed by atoms with Crippen LogP contribution in [-0.4, -0.2) is 74.3 Å². The maximum atomic E-state index is 14.1. The number of nitrogens with zero attached hydrogens (tertiary/aromatic N) is 5. The van der Waals surface area contributed by atoms with E-state index in [2.05, 4.69) is 16.4 Å². The molecule has 2 amide bonds. The zero-order valence-corrected chi connectivity index (χ0v) is 22.9. The average Bonchev–Trinajstić information content (AvgIpc) is 3.53. The highest BCUT2D eigenvalue weighted by molar-refractivity contribution is 5.76. The first-order chi connectivity index (χ1) is 18.3. The summed E-state index contributed by atoms with van der Waals surface area (Å²) in [6.07, 6.45) is 6.05. The largest absolute Gasteiger partial charge is 0.342 e. The molecule has 2 bridgehead atoms. The van der Waals surface area contributed by atoms with Crippen LogP contribution in [0.25, 0.3) is 0 Å². The summed E-state index contributed by atoms with van der Waals surface area (Å²) in [7, 11) is 0. The molecular formula is C30H40FN5O2. The van der Waals surface area contributed by atoms with E-state index in [0.29, 0.717) is 43.6 Å². The Labute approximate surface area is 225 Å². The number of benzene rings is 1. The molecule has 0 aliphatic carbocycles. The molecule has 5 heterocycles. The van der Waals surface area contributed by atoms with Gasteiger partial charge in [0.2, 0.25) is 11.8 Å². The normalized spacial score (nSPS) is 29.1. The number of carbonyl (C=O) groups is 2. The molecular weight excluding hydrogens is 481 g/mol. The van der Waals surface area contributed by atoms with Crippen molar-refractivity contribution in [2.75, 3.05) is 26.2 Å². The highest BCUT2D eigenvalue weighted by Gasteiger charge is 2.45. The molecule has 1 aromatic carbocycles. The molecule has 6 rings (SSSR count). The van der Waals surface area contributed by atoms with E-state index in [9.17, 15) is 14.0 Å². The van der Waals surface area contributed by atoms with E-state index in [4.69, 9.17) is 4.98 Å². The molecule has 0 radical (unpaired) electrons. The molecule has 1 unspecified atom stereocenters. The van der Waals surface area contributed by atoms with Crippen molar-refractivity contribution < 1.29 is 14.0 Å². The predicted molar refractivity (Wildman–Crippen MR) is 143 cm³/mol. The Morgan fingerprint density at radius 3 is 2.53 bits per heavy atom. The number of amides is 2. The lowest BCUT2D eigenvalue weighted by molar-refractivity contribution is -0.130. The van der Waals surface area contributed by atoms with Gasteiger partial charge in [0, 0.05) is 75.7 Å². The van der Waals surface area contributed by atoms with E-state index in [1.54, 1.807) is 19.1 Å². The third-order valence-electron chi connectivity index (χ3n) is 9.72. The molecule has 2 aromatic rings. The van der Waals surface area contributed by atoms with Gasteiger partial charge in [0.05, 0.1) is 12.2 Å². The van der Waals surface area contributed by atoms with Crippen molar-refractivity contribution in [3.8, 4) is 0 Å². The van der Waals surface area contributed by atoms with E-state index in [-0.39, 0.29) is 23.5 Å². The standard InChI is InChI=1S/C30H40FN5O2/c1-4-30(38)34-15-22(27(17-34)21-6-5-7-23(31)12-21)16-35-24-8-9-25(35)14-26(13-24)36-19(2)32-28-18-33(20(3)37)11-10-29(28)36/h5-7,12,22,24-27H,4,8-11,13-18H2,1-3H3/t22-,24-,25+,26?,27-/m1/s1. The van der Waals surface area contributed by atoms with Crippen LogP contribution in [-0.2, 0) is 22.6 Å². The molecule has 3 fully saturated rings. The fourth-order valence-corrected chi connectivity index (χ4v) is 7.92. The maximum absolute atomic E-state index is 14.1. The number of carbonyl (C=O) groups excluding carboxylic acids is 2. The lowest BCUT2D eigenvalue weighted by Gasteiger charge is -2.42. The maximum Gasteiger partial charge on any atom is 0.222 e. The molecule has 38 heavy (non-hydrogen) atoms. The quantitative estimate of drug-likeness (QED) is 0.596. The Morgan fingerprint density at radius 1 is 1.08 bits per heavy atom. The molecule has 8 heteroatoms. The van der Waals surface area contributed by atoms with Crippen molar-refractivity contribution in [2.45, 2.75) is 89.9 Å². The highest BCUT2D eigenvalue weighted by Crippen LogP contribution is 2.44. The SMILES string of the molecule is CCC(=O)N1C[C@H](CN2[C@@H]3CC[C@H]2CC(n2c(C)nc4c2CCN(C(C)=O)C4)C3)[C@@H](c2cccc(F)c2)C1. The number of rotatable bonds is 5. The van der Waals surface area contributed by atoms with Crippen molar-refractivity contribution >= 4 is 11.8 Å². The second kappa shape index (κ2) is 10.1. The van der Waals surface area contributed by atoms with E-state index < -0.39 is 0 Å². The van der Waals surface area contributed by atoms with Crippen LogP contribution in [0.15, 0.2) is 24.3 Å². The summed E-state index contributed by atoms with van der Waals surface area (Å²) in [5.74, 6) is 1.68. The van der Waals surface area contributed by atoms with Crippen LogP contribution in [0.5, 0.6) is 0 Å². The molecule has 0 N–H and O–H groups in total. The first kappa shape index (κ1) is 25.5. The van der Waals surface area contributed by atoms with E-state index >= 15 is 0 Å². The molecule has 3 saturated heterocycles. The molecule has 7 nitrogen and oxygen atoms in total. The van der Waals surface area contributed by atoms with Crippen LogP contribution < -0.4 is 0 Å². The summed E-state index contributed by atoms with van der Waals surface area (Å²) >= 11 is 0. The van der Waals surface area contributed by atoms with Gasteiger partial charge in [-0.3, -0.25) is 14.5 Å². The number of piperidine rings is 1. The summed E-state index contributed by atoms with van der Waals surface area (Å²) in [5.41, 5.74) is 3.42. The van der Waals surface area contributed by atoms with Crippen LogP contribution >= 0.6 is 0 Å². The Bertz CT molecular complexity index is 1210. The van der Waals surface area contributed by atoms with Gasteiger partial charge in [-0.15, -0.1) is 0 Å². The predicted octanol–water partition coefficient (Wildman–Crippen LogP) is 4.06. The van der Waals surface area contributed by atoms with E-state index in [0.717, 1.165) is 56.0 Å². The Kier molecular flexibility index (Phi) is 6.79. The van der Waals surface area contributed by atoms with Crippen LogP contribution in [0.4, 0.5) is 4.39 Å². The molecule has 0 spiro atoms. The minimum Gasteiger partial charge on any atom is -0.342 e. The number of fused-ring (bicyclic) bond motifs is 3. The second-order valence-corrected chi connectivity index (χ2v) is 11.9. The summed E-state index contributed by atoms with van der Waals surface area (Å²) in [6.45, 7) is 9.49. The number of aromatic nitrogens is 2. The Balaban J connectivity index is 1.19. The van der Waals surface area contributed by atoms with Crippen molar-refractivity contribution in [3.63, 3.8) is 0 Å². The van der Waals surface area contributed by atoms with Gasteiger partial charge in [-0.25, -0.2) is 9.37 Å². The second-order valence-electron chi connectivity index (χ2n) is 11.9. The number of aryl methyl sites for hydroxylation is 1. The van der Waals surface area contributed by atoms with Crippen LogP contribution in [0.1, 0.15) is 80.7 Å². The summed E-state index contributed by atoms with van der Waals surface area (Å²) in [4.78, 5) is 36.1. The van der Waals surface area contributed by atoms with Gasteiger partial charge < -0.3 is 14.4 Å². The van der Waals surface area contributed by atoms with Gasteiger partial charge in [-0.1, -0.05) is 19.1 Å². The number of likely N-dealkylation sites (tertiary alicyclic amines) is 1. The fraction of sp³-hybridized carbons (Fsp3) is 0.633. The van der Waals surface area contributed by atoms with Gasteiger partial charge in [0.15, 0.2) is 0 Å². The zero-order chi connectivity index (χ0) is 26.6. The first-order valence-corrected chi connectivity index (χ1v) is 14.4. The summed E-state index contributed by atoms with van der Waals surface area (Å²) in [6, 6.07) is 8.49. The Morgan fingerprint density at radius 2 is 1.84 bits per heavy atom. The lowest BCUT2D eigenvalue weighted by Crippen LogP contribution is -2.47. The number of halogens is 1. The fourth-order valence-electron chi connectivity index (χ4n) is 7.92. The first-order valence-electron chi connectivity index (χ1n) is 14.4. The number of hydrogen-bond acceptors (Lipinski definition) is 4. The van der Waals surface area contributed by atoms with Crippen molar-refractivity contribution in [1.82, 2.24) is 24.3 Å². The number of hydrogen-bond donors (Lipinski definition) is 0. The zero-order valence-electron chi connectivity index (χ0n) is 22.9. The van der Waals surface area contributed by atoms with E-state index in [1.165, 1.54) is 24.6 Å². The Hall–Kier alpha value is -2.74. The molecule has 0 saturated carbocycles. The van der Waals surface area contributed by atoms with Crippen LogP contribution in [0.2, 0.25) is 0 Å². The topological polar surface area (TPSA) is 61.7 Å². The third-order valence-corrected chi connectivity index (χ3v) is 9.72. The summed E-state index contributed by atoms with van der Waals surface area (Å²) < 4.78 is 16.6. The lowest BCUT2D eigenvalue weighted by atomic mass is 9.87. The minimum absolute atomic E-state index is 0.122. The van der Waals surface area contributed by atoms with E-state index in [1.807, 2.05) is 22.8 Å². The molecule has 5 atom stereocenters. The minimum atomic E-state index is -0.201. The van der Waals surface area contributed by atoms with Gasteiger partial charge in [-0.05, 0) is 56.2 Å². The average molecular weight is 522 g/mol. The van der Waals surface area contributed by atoms with Crippen molar-refractivity contribution in [3.05, 3.63) is 52.9 Å². The van der Waals surface area contributed by atoms with Crippen LogP contribution in [0.3, 0.4) is 0 Å². The van der Waals surface area contributed by atoms with Crippen molar-refractivity contribution in [1.29, 1.82) is 0 Å². The van der Waals surface area contributed by atoms with Gasteiger partial charge >= 0.3 is 0 Å². The van der Waals surface area contributed by atoms with Gasteiger partial charge in [0.1, 0.15) is 11.6 Å². The molecule has 1 aromatic heterocycles. The third kappa shape index (κ3) is 4.55. The molecule has 4 aliphatic heterocycles.